The minimum Gasteiger partial charge on any atom is -0.492 e. The van der Waals surface area contributed by atoms with E-state index in [2.05, 4.69) is 36.3 Å². The van der Waals surface area contributed by atoms with Crippen molar-refractivity contribution in [3.8, 4) is 29.0 Å². The fourth-order valence-corrected chi connectivity index (χ4v) is 3.53. The number of hydrogen-bond acceptors (Lipinski definition) is 9. The fourth-order valence-electron chi connectivity index (χ4n) is 3.53. The number of pyridine rings is 1. The molecule has 0 spiro atoms. The highest BCUT2D eigenvalue weighted by Gasteiger charge is 2.44. The molecule has 0 bridgehead atoms. The number of halogens is 2. The van der Waals surface area contributed by atoms with Gasteiger partial charge >= 0.3 is 5.69 Å². The van der Waals surface area contributed by atoms with Crippen LogP contribution in [0.15, 0.2) is 40.2 Å². The molecule has 1 atom stereocenters. The van der Waals surface area contributed by atoms with Crippen LogP contribution in [0.2, 0.25) is 0 Å². The molecule has 0 amide bonds. The molecular formula is C22H18F2N8O4. The number of rotatable bonds is 8. The molecular weight excluding hydrogens is 478 g/mol. The molecule has 0 radical (unpaired) electrons. The average molecular weight is 496 g/mol. The number of aromatic amines is 2. The third-order valence-electron chi connectivity index (χ3n) is 5.76. The van der Waals surface area contributed by atoms with E-state index in [1.54, 1.807) is 0 Å². The van der Waals surface area contributed by atoms with E-state index in [4.69, 9.17) is 9.47 Å². The molecule has 12 nitrogen and oxygen atoms in total. The van der Waals surface area contributed by atoms with Crippen LogP contribution in [-0.2, 0) is 7.05 Å². The van der Waals surface area contributed by atoms with Crippen molar-refractivity contribution >= 4 is 11.0 Å². The van der Waals surface area contributed by atoms with Crippen LogP contribution in [-0.4, -0.2) is 48.0 Å². The van der Waals surface area contributed by atoms with Crippen molar-refractivity contribution in [3.63, 3.8) is 0 Å². The molecule has 1 saturated carbocycles. The van der Waals surface area contributed by atoms with E-state index < -0.39 is 29.2 Å². The summed E-state index contributed by atoms with van der Waals surface area (Å²) in [5.74, 6) is 0.108. The largest absolute Gasteiger partial charge is 0.492 e. The van der Waals surface area contributed by atoms with Gasteiger partial charge in [0.05, 0.1) is 28.1 Å². The first-order valence-corrected chi connectivity index (χ1v) is 10.8. The summed E-state index contributed by atoms with van der Waals surface area (Å²) in [6.45, 7) is 0.156. The molecule has 184 valence electrons. The lowest BCUT2D eigenvalue weighted by atomic mass is 10.1. The SMILES string of the molecule is Cn1nc(O[C@H](c2cc(OCC3(C#N)CC3)ccn2)C(F)F)c2cc(-c3c[nH]c(=O)[nH]c3=O)nnc21. The first-order valence-electron chi connectivity index (χ1n) is 10.8. The van der Waals surface area contributed by atoms with Crippen LogP contribution in [0.4, 0.5) is 8.78 Å². The van der Waals surface area contributed by atoms with Crippen LogP contribution in [0.5, 0.6) is 11.6 Å². The van der Waals surface area contributed by atoms with Crippen LogP contribution in [0, 0.1) is 16.7 Å². The number of nitriles is 1. The van der Waals surface area contributed by atoms with Gasteiger partial charge in [-0.1, -0.05) is 0 Å². The summed E-state index contributed by atoms with van der Waals surface area (Å²) in [6.07, 6.45) is -0.832. The third-order valence-corrected chi connectivity index (χ3v) is 5.76. The van der Waals surface area contributed by atoms with Crippen molar-refractivity contribution in [1.29, 1.82) is 5.26 Å². The maximum Gasteiger partial charge on any atom is 0.325 e. The highest BCUT2D eigenvalue weighted by molar-refractivity contribution is 5.84. The molecule has 5 rings (SSSR count). The van der Waals surface area contributed by atoms with Gasteiger partial charge in [0.1, 0.15) is 18.1 Å². The molecule has 0 aliphatic heterocycles. The molecule has 0 unspecified atom stereocenters. The Morgan fingerprint density at radius 2 is 2.08 bits per heavy atom. The van der Waals surface area contributed by atoms with Gasteiger partial charge in [0.25, 0.3) is 12.0 Å². The molecule has 1 fully saturated rings. The predicted octanol–water partition coefficient (Wildman–Crippen LogP) is 1.87. The second-order valence-corrected chi connectivity index (χ2v) is 8.35. The number of hydrogen-bond donors (Lipinski definition) is 2. The Bertz CT molecular complexity index is 1600. The van der Waals surface area contributed by atoms with E-state index in [0.717, 1.165) is 12.8 Å². The number of ether oxygens (including phenoxy) is 2. The molecule has 4 aromatic heterocycles. The minimum absolute atomic E-state index is 0.0153. The molecule has 4 aromatic rings. The number of nitrogens with zero attached hydrogens (tertiary/aromatic N) is 6. The number of H-pyrrole nitrogens is 2. The van der Waals surface area contributed by atoms with E-state index in [1.807, 2.05) is 0 Å². The van der Waals surface area contributed by atoms with Gasteiger partial charge in [0.15, 0.2) is 5.65 Å². The van der Waals surface area contributed by atoms with Gasteiger partial charge in [-0.05, 0) is 25.0 Å². The second kappa shape index (κ2) is 8.84. The maximum atomic E-state index is 14.1. The normalized spacial score (nSPS) is 15.0. The van der Waals surface area contributed by atoms with E-state index in [9.17, 15) is 23.6 Å². The highest BCUT2D eigenvalue weighted by Crippen LogP contribution is 2.45. The van der Waals surface area contributed by atoms with Crippen LogP contribution < -0.4 is 20.7 Å². The maximum absolute atomic E-state index is 14.1. The summed E-state index contributed by atoms with van der Waals surface area (Å²) in [5, 5.41) is 21.6. The zero-order chi connectivity index (χ0) is 25.4. The Labute approximate surface area is 200 Å². The average Bonchev–Trinajstić information content (AvgIpc) is 3.58. The smallest absolute Gasteiger partial charge is 0.325 e. The number of aromatic nitrogens is 7. The summed E-state index contributed by atoms with van der Waals surface area (Å²) >= 11 is 0. The van der Waals surface area contributed by atoms with Crippen molar-refractivity contribution in [1.82, 2.24) is 34.9 Å². The Hall–Kier alpha value is -4.67. The molecule has 1 aliphatic rings. The van der Waals surface area contributed by atoms with Crippen molar-refractivity contribution in [2.75, 3.05) is 6.61 Å². The van der Waals surface area contributed by atoms with Gasteiger partial charge in [-0.15, -0.1) is 15.3 Å². The Morgan fingerprint density at radius 1 is 1.28 bits per heavy atom. The van der Waals surface area contributed by atoms with Gasteiger partial charge in [-0.25, -0.2) is 18.3 Å². The van der Waals surface area contributed by atoms with Crippen molar-refractivity contribution in [2.24, 2.45) is 12.5 Å². The Morgan fingerprint density at radius 3 is 2.78 bits per heavy atom. The van der Waals surface area contributed by atoms with Crippen LogP contribution in [0.3, 0.4) is 0 Å². The van der Waals surface area contributed by atoms with Gasteiger partial charge in [-0.3, -0.25) is 14.8 Å². The number of alkyl halides is 2. The number of nitrogens with one attached hydrogen (secondary N) is 2. The molecule has 0 aromatic carbocycles. The van der Waals surface area contributed by atoms with Gasteiger partial charge in [-0.2, -0.15) is 5.26 Å². The van der Waals surface area contributed by atoms with Crippen molar-refractivity contribution < 1.29 is 18.3 Å². The van der Waals surface area contributed by atoms with E-state index >= 15 is 0 Å². The zero-order valence-electron chi connectivity index (χ0n) is 18.7. The van der Waals surface area contributed by atoms with Crippen LogP contribution in [0.1, 0.15) is 24.6 Å². The third kappa shape index (κ3) is 4.38. The molecule has 36 heavy (non-hydrogen) atoms. The zero-order valence-corrected chi connectivity index (χ0v) is 18.7. The lowest BCUT2D eigenvalue weighted by Crippen LogP contribution is -2.22. The summed E-state index contributed by atoms with van der Waals surface area (Å²) in [6, 6.07) is 6.46. The number of fused-ring (bicyclic) bond motifs is 1. The second-order valence-electron chi connectivity index (χ2n) is 8.35. The van der Waals surface area contributed by atoms with Crippen molar-refractivity contribution in [2.45, 2.75) is 25.4 Å². The summed E-state index contributed by atoms with van der Waals surface area (Å²) in [4.78, 5) is 31.9. The van der Waals surface area contributed by atoms with Gasteiger partial charge in [0, 0.05) is 25.5 Å². The Balaban J connectivity index is 1.47. The van der Waals surface area contributed by atoms with Gasteiger partial charge in [0.2, 0.25) is 12.0 Å². The first-order chi connectivity index (χ1) is 17.3. The lowest BCUT2D eigenvalue weighted by Gasteiger charge is -2.17. The van der Waals surface area contributed by atoms with Crippen LogP contribution >= 0.6 is 0 Å². The highest BCUT2D eigenvalue weighted by atomic mass is 19.3. The van der Waals surface area contributed by atoms with E-state index in [-0.39, 0.29) is 46.2 Å². The summed E-state index contributed by atoms with van der Waals surface area (Å²) in [7, 11) is 1.53. The van der Waals surface area contributed by atoms with Crippen LogP contribution in [0.25, 0.3) is 22.3 Å². The predicted molar refractivity (Wildman–Crippen MR) is 119 cm³/mol. The summed E-state index contributed by atoms with van der Waals surface area (Å²) in [5.41, 5.74) is -1.70. The molecule has 0 saturated heterocycles. The quantitative estimate of drug-likeness (QED) is 0.370. The topological polar surface area (TPSA) is 164 Å². The summed E-state index contributed by atoms with van der Waals surface area (Å²) < 4.78 is 40.7. The fraction of sp³-hybridized carbons (Fsp3) is 0.318. The first kappa shape index (κ1) is 23.1. The standard InChI is InChI=1S/C22H18F2N8O4/c1-32-18-12(7-14(29-30-18)13-8-27-21(34)28-19(13)33)20(31-32)36-16(17(23)24)15-6-11(2-5-26-15)35-10-22(9-25)3-4-22/h2,5-8,16-17H,3-4,10H2,1H3,(H2,27,28,33,34)/t16-/m1/s1. The minimum atomic E-state index is -2.98. The van der Waals surface area contributed by atoms with E-state index in [0.29, 0.717) is 0 Å². The number of aryl methyl sites for hydroxylation is 1. The Kier molecular flexibility index (Phi) is 5.67. The molecule has 4 heterocycles. The van der Waals surface area contributed by atoms with Gasteiger partial charge < -0.3 is 14.5 Å². The molecule has 14 heteroatoms. The van der Waals surface area contributed by atoms with E-state index in [1.165, 1.54) is 42.3 Å². The monoisotopic (exact) mass is 496 g/mol. The molecule has 2 N–H and O–H groups in total. The van der Waals surface area contributed by atoms with Crippen molar-refractivity contribution in [3.05, 3.63) is 57.1 Å². The molecule has 1 aliphatic carbocycles. The lowest BCUT2D eigenvalue weighted by molar-refractivity contribution is 0.00597.